The first-order chi connectivity index (χ1) is 13.7. The average molecular weight is 441 g/mol. The number of ether oxygens (including phenoxy) is 1. The number of hydrogen-bond donors (Lipinski definition) is 0. The second-order valence-corrected chi connectivity index (χ2v) is 9.09. The summed E-state index contributed by atoms with van der Waals surface area (Å²) < 4.78 is 6.76. The van der Waals surface area contributed by atoms with Gasteiger partial charge in [0.25, 0.3) is 0 Å². The monoisotopic (exact) mass is 440 g/mol. The number of aryl methyl sites for hydroxylation is 4. The van der Waals surface area contributed by atoms with E-state index in [-0.39, 0.29) is 5.97 Å². The van der Waals surface area contributed by atoms with Gasteiger partial charge >= 0.3 is 5.97 Å². The summed E-state index contributed by atoms with van der Waals surface area (Å²) in [6.07, 6.45) is 11.3. The lowest BCUT2D eigenvalue weighted by Crippen LogP contribution is -2.16. The smallest absolute Gasteiger partial charge is 0.338 e. The summed E-state index contributed by atoms with van der Waals surface area (Å²) in [6, 6.07) is 8.70. The van der Waals surface area contributed by atoms with Crippen molar-refractivity contribution in [3.8, 4) is 11.1 Å². The number of rotatable bonds is 8. The van der Waals surface area contributed by atoms with Crippen LogP contribution in [-0.4, -0.2) is 12.6 Å². The highest BCUT2D eigenvalue weighted by Gasteiger charge is 2.27. The molecule has 2 nitrogen and oxygen atoms in total. The van der Waals surface area contributed by atoms with Gasteiger partial charge in [-0.1, -0.05) is 55.0 Å². The Labute approximate surface area is 176 Å². The third kappa shape index (κ3) is 4.05. The van der Waals surface area contributed by atoms with Crippen LogP contribution in [0.15, 0.2) is 28.7 Å². The number of unbranched alkanes of at least 4 members (excludes halogenated alkanes) is 5. The Kier molecular flexibility index (Phi) is 6.20. The maximum Gasteiger partial charge on any atom is 0.338 e. The lowest BCUT2D eigenvalue weighted by molar-refractivity contribution is 0.0497. The lowest BCUT2D eigenvalue weighted by Gasteiger charge is -2.30. The molecule has 148 valence electrons. The van der Waals surface area contributed by atoms with Crippen molar-refractivity contribution in [2.24, 2.45) is 0 Å². The van der Waals surface area contributed by atoms with E-state index >= 15 is 0 Å². The van der Waals surface area contributed by atoms with E-state index in [0.29, 0.717) is 6.61 Å². The number of hydrogen-bond acceptors (Lipinski definition) is 2. The number of halogens is 1. The van der Waals surface area contributed by atoms with Crippen LogP contribution in [0.5, 0.6) is 0 Å². The molecule has 0 unspecified atom stereocenters. The summed E-state index contributed by atoms with van der Waals surface area (Å²) in [5.74, 6) is -0.153. The number of esters is 1. The molecule has 0 bridgehead atoms. The third-order valence-electron chi connectivity index (χ3n) is 6.11. The Balaban J connectivity index is 1.46. The van der Waals surface area contributed by atoms with Crippen LogP contribution < -0.4 is 0 Å². The van der Waals surface area contributed by atoms with Crippen LogP contribution in [0.4, 0.5) is 0 Å². The van der Waals surface area contributed by atoms with Gasteiger partial charge in [0.15, 0.2) is 0 Å². The van der Waals surface area contributed by atoms with E-state index in [9.17, 15) is 4.79 Å². The van der Waals surface area contributed by atoms with Gasteiger partial charge in [0, 0.05) is 4.47 Å². The maximum atomic E-state index is 12.6. The SMILES string of the molecule is CCCCCCCCOC(=O)c1cc2c3c(c1)CCc1cc(Br)cc(c1-3)CC2. The van der Waals surface area contributed by atoms with Gasteiger partial charge in [-0.25, -0.2) is 4.79 Å². The van der Waals surface area contributed by atoms with E-state index in [2.05, 4.69) is 47.1 Å². The Morgan fingerprint density at radius 2 is 1.32 bits per heavy atom. The minimum absolute atomic E-state index is 0.153. The Bertz CT molecular complexity index is 834. The van der Waals surface area contributed by atoms with Crippen molar-refractivity contribution in [2.75, 3.05) is 6.61 Å². The zero-order valence-electron chi connectivity index (χ0n) is 16.8. The van der Waals surface area contributed by atoms with Crippen molar-refractivity contribution in [3.05, 3.63) is 56.6 Å². The average Bonchev–Trinajstić information content (AvgIpc) is 2.70. The van der Waals surface area contributed by atoms with Gasteiger partial charge in [-0.3, -0.25) is 0 Å². The zero-order valence-corrected chi connectivity index (χ0v) is 18.4. The molecule has 0 amide bonds. The summed E-state index contributed by atoms with van der Waals surface area (Å²) in [4.78, 5) is 12.6. The molecule has 2 aromatic carbocycles. The minimum atomic E-state index is -0.153. The van der Waals surface area contributed by atoms with E-state index in [1.54, 1.807) is 0 Å². The van der Waals surface area contributed by atoms with Gasteiger partial charge in [0.1, 0.15) is 0 Å². The van der Waals surface area contributed by atoms with Crippen LogP contribution in [0.2, 0.25) is 0 Å². The van der Waals surface area contributed by atoms with Crippen LogP contribution in [0.25, 0.3) is 11.1 Å². The number of carbonyl (C=O) groups excluding carboxylic acids is 1. The standard InChI is InChI=1S/C25H29BrO2/c1-2-3-4-5-6-7-12-28-25(27)21-13-17-8-10-19-15-22(26)16-20-11-9-18(14-21)23(17)24(19)20/h13-16H,2-12H2,1H3. The molecule has 0 saturated carbocycles. The molecule has 0 aliphatic heterocycles. The van der Waals surface area contributed by atoms with Crippen molar-refractivity contribution in [3.63, 3.8) is 0 Å². The van der Waals surface area contributed by atoms with Crippen LogP contribution in [-0.2, 0) is 30.4 Å². The second-order valence-electron chi connectivity index (χ2n) is 8.17. The first kappa shape index (κ1) is 19.7. The van der Waals surface area contributed by atoms with E-state index in [4.69, 9.17) is 4.74 Å². The number of carbonyl (C=O) groups is 1. The largest absolute Gasteiger partial charge is 0.462 e. The van der Waals surface area contributed by atoms with Crippen molar-refractivity contribution in [1.29, 1.82) is 0 Å². The molecule has 0 aromatic heterocycles. The van der Waals surface area contributed by atoms with Crippen LogP contribution >= 0.6 is 15.9 Å². The fraction of sp³-hybridized carbons (Fsp3) is 0.480. The van der Waals surface area contributed by atoms with Crippen LogP contribution in [0, 0.1) is 0 Å². The molecule has 2 aromatic rings. The van der Waals surface area contributed by atoms with E-state index < -0.39 is 0 Å². The number of benzene rings is 2. The van der Waals surface area contributed by atoms with Gasteiger partial charge < -0.3 is 4.74 Å². The normalized spacial score (nSPS) is 13.9. The molecular formula is C25H29BrO2. The predicted molar refractivity (Wildman–Crippen MR) is 118 cm³/mol. The summed E-state index contributed by atoms with van der Waals surface area (Å²) in [5.41, 5.74) is 9.08. The molecule has 0 saturated heterocycles. The highest BCUT2D eigenvalue weighted by molar-refractivity contribution is 9.10. The molecule has 3 heteroatoms. The van der Waals surface area contributed by atoms with E-state index in [1.165, 1.54) is 63.5 Å². The van der Waals surface area contributed by atoms with Crippen molar-refractivity contribution in [2.45, 2.75) is 71.1 Å². The molecule has 0 spiro atoms. The minimum Gasteiger partial charge on any atom is -0.462 e. The highest BCUT2D eigenvalue weighted by Crippen LogP contribution is 2.44. The predicted octanol–water partition coefficient (Wildman–Crippen LogP) is 6.83. The van der Waals surface area contributed by atoms with Gasteiger partial charge in [0.2, 0.25) is 0 Å². The first-order valence-electron chi connectivity index (χ1n) is 10.8. The topological polar surface area (TPSA) is 26.3 Å². The van der Waals surface area contributed by atoms with Crippen molar-refractivity contribution >= 4 is 21.9 Å². The Morgan fingerprint density at radius 3 is 1.89 bits per heavy atom. The molecule has 2 aliphatic carbocycles. The molecule has 0 radical (unpaired) electrons. The molecule has 0 N–H and O–H groups in total. The van der Waals surface area contributed by atoms with Gasteiger partial charge in [-0.2, -0.15) is 0 Å². The molecule has 0 heterocycles. The fourth-order valence-corrected chi connectivity index (χ4v) is 5.26. The maximum absolute atomic E-state index is 12.6. The summed E-state index contributed by atoms with van der Waals surface area (Å²) in [7, 11) is 0. The molecule has 2 aliphatic rings. The highest BCUT2D eigenvalue weighted by atomic mass is 79.9. The van der Waals surface area contributed by atoms with Crippen LogP contribution in [0.3, 0.4) is 0 Å². The van der Waals surface area contributed by atoms with Gasteiger partial charge in [0.05, 0.1) is 12.2 Å². The Hall–Kier alpha value is -1.61. The molecule has 28 heavy (non-hydrogen) atoms. The summed E-state index contributed by atoms with van der Waals surface area (Å²) in [6.45, 7) is 2.77. The van der Waals surface area contributed by atoms with Gasteiger partial charge in [-0.05, 0) is 89.8 Å². The Morgan fingerprint density at radius 1 is 0.821 bits per heavy atom. The van der Waals surface area contributed by atoms with E-state index in [0.717, 1.165) is 44.1 Å². The summed E-state index contributed by atoms with van der Waals surface area (Å²) in [5, 5.41) is 0. The molecular weight excluding hydrogens is 412 g/mol. The van der Waals surface area contributed by atoms with E-state index in [1.807, 2.05) is 0 Å². The van der Waals surface area contributed by atoms with Gasteiger partial charge in [-0.15, -0.1) is 0 Å². The molecule has 0 atom stereocenters. The lowest BCUT2D eigenvalue weighted by atomic mass is 9.75. The quantitative estimate of drug-likeness (QED) is 0.332. The second kappa shape index (κ2) is 8.82. The third-order valence-corrected chi connectivity index (χ3v) is 6.57. The van der Waals surface area contributed by atoms with Crippen LogP contribution in [0.1, 0.15) is 78.1 Å². The first-order valence-corrected chi connectivity index (χ1v) is 11.6. The fourth-order valence-electron chi connectivity index (χ4n) is 4.71. The van der Waals surface area contributed by atoms with Crippen molar-refractivity contribution < 1.29 is 9.53 Å². The molecule has 4 rings (SSSR count). The van der Waals surface area contributed by atoms with Crippen molar-refractivity contribution in [1.82, 2.24) is 0 Å². The molecule has 0 fully saturated rings. The summed E-state index contributed by atoms with van der Waals surface area (Å²) >= 11 is 3.66. The zero-order chi connectivity index (χ0) is 19.5.